The van der Waals surface area contributed by atoms with Crippen molar-refractivity contribution in [2.24, 2.45) is 0 Å². The van der Waals surface area contributed by atoms with Crippen LogP contribution in [-0.2, 0) is 0 Å². The Morgan fingerprint density at radius 2 is 0.329 bits per heavy atom. The van der Waals surface area contributed by atoms with E-state index in [0.29, 0.717) is 0 Å². The van der Waals surface area contributed by atoms with Crippen molar-refractivity contribution in [1.29, 1.82) is 0 Å². The summed E-state index contributed by atoms with van der Waals surface area (Å²) in [5.41, 5.74) is -12.0. The molecule has 8 aromatic carbocycles. The van der Waals surface area contributed by atoms with Crippen LogP contribution in [0.2, 0.25) is 0 Å². The molecule has 0 aliphatic heterocycles. The summed E-state index contributed by atoms with van der Waals surface area (Å²) < 4.78 is 446. The molecule has 0 aliphatic carbocycles. The zero-order valence-electron chi connectivity index (χ0n) is 33.9. The van der Waals surface area contributed by atoms with E-state index in [4.69, 9.17) is 0 Å². The minimum Gasteiger partial charge on any atom is -0.354 e. The zero-order chi connectivity index (χ0) is 55.0. The van der Waals surface area contributed by atoms with Gasteiger partial charge in [-0.15, -0.1) is 21.9 Å². The van der Waals surface area contributed by atoms with E-state index < -0.39 is 234 Å². The average molecular weight is 1080 g/mol. The second kappa shape index (κ2) is 18.0. The van der Waals surface area contributed by atoms with Crippen LogP contribution >= 0.6 is 0 Å². The number of benzene rings is 8. The lowest BCUT2D eigenvalue weighted by atomic mass is 9.11. The molecule has 0 fully saturated rings. The molecule has 73 heavy (non-hydrogen) atoms. The van der Waals surface area contributed by atoms with Gasteiger partial charge in [-0.2, -0.15) is 0 Å². The summed E-state index contributed by atoms with van der Waals surface area (Å²) in [6.07, 6.45) is -6.28. The first kappa shape index (κ1) is 53.4. The molecule has 0 unspecified atom stereocenters. The molecule has 1 nitrogen and oxygen atoms in total. The van der Waals surface area contributed by atoms with Crippen molar-refractivity contribution in [2.75, 3.05) is 6.54 Å². The van der Waals surface area contributed by atoms with Gasteiger partial charge in [-0.1, -0.05) is 6.58 Å². The Bertz CT molecular complexity index is 3330. The molecule has 0 aliphatic rings. The maximum absolute atomic E-state index is 17.3. The number of halogens is 28. The SMILES string of the molecule is C=CC[NH3+].Fc1c(F)c(F)c2c([B-](c3c(F)c(F)c(F)c4c(F)c(F)c(F)c(F)c34)(c3c(F)c(F)c(F)c4c(F)c(F)c(F)c(F)c34)c3c(F)c(F)c(F)c4c(F)c(F)c(F)c(F)c34)c(F)c(F)c(F)c2c1F. The van der Waals surface area contributed by atoms with Crippen molar-refractivity contribution >= 4 is 71.1 Å². The van der Waals surface area contributed by atoms with Gasteiger partial charge in [0, 0.05) is 0 Å². The fourth-order valence-electron chi connectivity index (χ4n) is 8.59. The van der Waals surface area contributed by atoms with E-state index in [1.165, 1.54) is 0 Å². The van der Waals surface area contributed by atoms with Crippen LogP contribution in [0.1, 0.15) is 0 Å². The quantitative estimate of drug-likeness (QED) is 0.0585. The highest BCUT2D eigenvalue weighted by Crippen LogP contribution is 2.42. The van der Waals surface area contributed by atoms with Crippen LogP contribution in [0.15, 0.2) is 12.7 Å². The van der Waals surface area contributed by atoms with Crippen LogP contribution in [0.3, 0.4) is 0 Å². The number of quaternary nitrogens is 1. The minimum atomic E-state index is -8.05. The molecular formula is C43H8BF28N. The summed E-state index contributed by atoms with van der Waals surface area (Å²) in [4.78, 5) is 0. The average Bonchev–Trinajstić information content (AvgIpc) is 3.36. The van der Waals surface area contributed by atoms with Gasteiger partial charge in [-0.05, 0) is 27.6 Å². The van der Waals surface area contributed by atoms with Crippen molar-refractivity contribution in [3.05, 3.63) is 176 Å². The predicted molar refractivity (Wildman–Crippen MR) is 197 cm³/mol. The van der Waals surface area contributed by atoms with Crippen LogP contribution in [0.25, 0.3) is 43.1 Å². The van der Waals surface area contributed by atoms with Crippen molar-refractivity contribution < 1.29 is 129 Å². The van der Waals surface area contributed by atoms with Gasteiger partial charge >= 0.3 is 0 Å². The lowest BCUT2D eigenvalue weighted by Crippen LogP contribution is -2.79. The van der Waals surface area contributed by atoms with Gasteiger partial charge in [0.15, 0.2) is 140 Å². The van der Waals surface area contributed by atoms with E-state index in [-0.39, 0.29) is 0 Å². The third-order valence-corrected chi connectivity index (χ3v) is 11.4. The topological polar surface area (TPSA) is 27.6 Å². The molecule has 30 heteroatoms. The largest absolute Gasteiger partial charge is 0.354 e. The summed E-state index contributed by atoms with van der Waals surface area (Å²) in [5.74, 6) is -104. The summed E-state index contributed by atoms with van der Waals surface area (Å²) >= 11 is 0. The minimum absolute atomic E-state index is 0.833. The molecule has 0 saturated carbocycles. The Kier molecular flexibility index (Phi) is 13.1. The third kappa shape index (κ3) is 6.76. The van der Waals surface area contributed by atoms with Gasteiger partial charge in [-0.3, -0.25) is 0 Å². The second-order valence-corrected chi connectivity index (χ2v) is 14.9. The monoisotopic (exact) mass is 1080 g/mol. The highest BCUT2D eigenvalue weighted by Gasteiger charge is 2.52. The highest BCUT2D eigenvalue weighted by atomic mass is 19.2. The normalized spacial score (nSPS) is 12.0. The van der Waals surface area contributed by atoms with E-state index in [0.717, 1.165) is 6.54 Å². The second-order valence-electron chi connectivity index (χ2n) is 14.9. The van der Waals surface area contributed by atoms with Crippen LogP contribution in [0.5, 0.6) is 0 Å². The zero-order valence-corrected chi connectivity index (χ0v) is 33.9. The van der Waals surface area contributed by atoms with Crippen LogP contribution in [0.4, 0.5) is 123 Å². The maximum Gasteiger partial charge on any atom is 0.198 e. The fourth-order valence-corrected chi connectivity index (χ4v) is 8.59. The Labute approximate surface area is 381 Å². The molecule has 8 aromatic rings. The Morgan fingerprint density at radius 3 is 0.452 bits per heavy atom. The lowest BCUT2D eigenvalue weighted by molar-refractivity contribution is -0.352. The molecule has 0 saturated heterocycles. The maximum atomic E-state index is 17.3. The van der Waals surface area contributed by atoms with Crippen LogP contribution < -0.4 is 27.6 Å². The lowest BCUT2D eigenvalue weighted by Gasteiger charge is -2.47. The van der Waals surface area contributed by atoms with Gasteiger partial charge in [0.05, 0.1) is 28.1 Å². The molecule has 0 aromatic heterocycles. The first-order valence-electron chi connectivity index (χ1n) is 18.8. The van der Waals surface area contributed by atoms with E-state index in [9.17, 15) is 17.6 Å². The molecule has 0 heterocycles. The van der Waals surface area contributed by atoms with Crippen molar-refractivity contribution in [2.45, 2.75) is 0 Å². The van der Waals surface area contributed by atoms with E-state index >= 15 is 105 Å². The molecule has 0 atom stereocenters. The summed E-state index contributed by atoms with van der Waals surface area (Å²) in [7, 11) is 0. The number of hydrogen-bond donors (Lipinski definition) is 1. The van der Waals surface area contributed by atoms with Crippen molar-refractivity contribution in [3.8, 4) is 0 Å². The Hall–Kier alpha value is -7.40. The smallest absolute Gasteiger partial charge is 0.198 e. The number of fused-ring (bicyclic) bond motifs is 4. The van der Waals surface area contributed by atoms with Gasteiger partial charge < -0.3 is 5.73 Å². The van der Waals surface area contributed by atoms with Gasteiger partial charge in [-0.25, -0.2) is 123 Å². The number of rotatable bonds is 5. The van der Waals surface area contributed by atoms with Crippen LogP contribution in [0, 0.1) is 163 Å². The van der Waals surface area contributed by atoms with E-state index in [1.54, 1.807) is 6.08 Å². The van der Waals surface area contributed by atoms with Crippen molar-refractivity contribution in [3.63, 3.8) is 0 Å². The molecular weight excluding hydrogens is 1070 g/mol. The fraction of sp³-hybridized carbons (Fsp3) is 0.0233. The van der Waals surface area contributed by atoms with Crippen molar-refractivity contribution in [1.82, 2.24) is 0 Å². The van der Waals surface area contributed by atoms with Crippen LogP contribution in [-0.4, -0.2) is 12.7 Å². The van der Waals surface area contributed by atoms with Gasteiger partial charge in [0.1, 0.15) is 29.4 Å². The molecule has 3 N–H and O–H groups in total. The molecule has 0 bridgehead atoms. The first-order valence-corrected chi connectivity index (χ1v) is 18.8. The summed E-state index contributed by atoms with van der Waals surface area (Å²) in [6.45, 7) is 4.25. The summed E-state index contributed by atoms with van der Waals surface area (Å²) in [5, 5.41) is -27.0. The van der Waals surface area contributed by atoms with E-state index in [2.05, 4.69) is 12.3 Å². The first-order chi connectivity index (χ1) is 33.9. The standard InChI is InChI=1S/C40BF28.C3H7N/c42-13-1-5(21(50)37(66)33(13)62)17(46)29(58)25(54)9(1)41(10-2-6(18(47)30(59)26(10)55)22(51)38(67)34(63)14(2)43,11-3-7(19(48)31(60)27(11)56)23(52)39(68)35(64)15(3)44)12-4-8(20(49)32(61)28(12)57)24(53)40(69)36(65)16(4)45;1-2-3-4/h;2H,1,3-4H2/q-1;/p+1. The third-order valence-electron chi connectivity index (χ3n) is 11.4. The summed E-state index contributed by atoms with van der Waals surface area (Å²) in [6, 6.07) is 0. The van der Waals surface area contributed by atoms with Gasteiger partial charge in [0.25, 0.3) is 0 Å². The molecule has 384 valence electrons. The predicted octanol–water partition coefficient (Wildman–Crippen LogP) is 11.0. The molecule has 0 radical (unpaired) electrons. The Balaban J connectivity index is 0.00000188. The number of hydrogen-bond acceptors (Lipinski definition) is 0. The molecule has 8 rings (SSSR count). The molecule has 0 amide bonds. The Morgan fingerprint density at radius 1 is 0.219 bits per heavy atom. The highest BCUT2D eigenvalue weighted by molar-refractivity contribution is 7.23. The van der Waals surface area contributed by atoms with E-state index in [1.807, 2.05) is 0 Å². The molecule has 0 spiro atoms. The van der Waals surface area contributed by atoms with Gasteiger partial charge in [0.2, 0.25) is 0 Å².